The molecule has 0 radical (unpaired) electrons. The molecule has 0 bridgehead atoms. The van der Waals surface area contributed by atoms with Crippen LogP contribution in [0, 0.1) is 46.8 Å². The summed E-state index contributed by atoms with van der Waals surface area (Å²) in [5.74, 6) is 5.84. The lowest BCUT2D eigenvalue weighted by atomic mass is 9.44. The second-order valence-electron chi connectivity index (χ2n) is 9.88. The summed E-state index contributed by atoms with van der Waals surface area (Å²) in [6, 6.07) is 0. The van der Waals surface area contributed by atoms with Gasteiger partial charge in [0.2, 0.25) is 0 Å². The first-order valence-electron chi connectivity index (χ1n) is 10.1. The molecule has 0 aromatic heterocycles. The van der Waals surface area contributed by atoms with E-state index in [-0.39, 0.29) is 0 Å². The van der Waals surface area contributed by atoms with Gasteiger partial charge in [-0.25, -0.2) is 0 Å². The highest BCUT2D eigenvalue weighted by molar-refractivity contribution is 5.16. The first-order chi connectivity index (χ1) is 11.4. The second-order valence-corrected chi connectivity index (χ2v) is 9.88. The Morgan fingerprint density at radius 2 is 1.71 bits per heavy atom. The molecule has 0 saturated heterocycles. The van der Waals surface area contributed by atoms with Crippen molar-refractivity contribution in [1.29, 1.82) is 0 Å². The number of methoxy groups -OCH3 is 1. The van der Waals surface area contributed by atoms with Gasteiger partial charge in [-0.05, 0) is 92.3 Å². The minimum Gasteiger partial charge on any atom is -0.381 e. The van der Waals surface area contributed by atoms with Crippen LogP contribution >= 0.6 is 0 Å². The maximum Gasteiger partial charge on any atom is 0.125 e. The summed E-state index contributed by atoms with van der Waals surface area (Å²) in [6.07, 6.45) is 16.7. The van der Waals surface area contributed by atoms with Gasteiger partial charge in [0, 0.05) is 7.11 Å². The largest absolute Gasteiger partial charge is 0.381 e. The molecule has 0 spiro atoms. The quantitative estimate of drug-likeness (QED) is 0.722. The van der Waals surface area contributed by atoms with E-state index in [9.17, 15) is 5.11 Å². The van der Waals surface area contributed by atoms with Crippen LogP contribution in [-0.4, -0.2) is 23.9 Å². The van der Waals surface area contributed by atoms with E-state index in [0.717, 1.165) is 37.0 Å². The summed E-state index contributed by atoms with van der Waals surface area (Å²) in [7, 11) is 1.91. The molecule has 2 nitrogen and oxygen atoms in total. The van der Waals surface area contributed by atoms with Gasteiger partial charge in [0.25, 0.3) is 0 Å². The molecule has 4 fully saturated rings. The lowest BCUT2D eigenvalue weighted by Crippen LogP contribution is -2.56. The van der Waals surface area contributed by atoms with Crippen LogP contribution in [0.5, 0.6) is 0 Å². The fourth-order valence-corrected chi connectivity index (χ4v) is 7.72. The van der Waals surface area contributed by atoms with Gasteiger partial charge in [0.15, 0.2) is 0 Å². The third-order valence-electron chi connectivity index (χ3n) is 9.19. The van der Waals surface area contributed by atoms with Crippen molar-refractivity contribution in [3.63, 3.8) is 0 Å². The second kappa shape index (κ2) is 5.49. The number of hydrogen-bond acceptors (Lipinski definition) is 2. The Bertz CT molecular complexity index is 551. The van der Waals surface area contributed by atoms with Gasteiger partial charge in [-0.3, -0.25) is 0 Å². The molecule has 0 aromatic rings. The van der Waals surface area contributed by atoms with Gasteiger partial charge in [0.1, 0.15) is 5.60 Å². The Labute approximate surface area is 147 Å². The highest BCUT2D eigenvalue weighted by atomic mass is 16.5. The molecule has 2 heteroatoms. The molecule has 0 heterocycles. The predicted octanol–water partition coefficient (Wildman–Crippen LogP) is 4.41. The third kappa shape index (κ3) is 2.17. The Morgan fingerprint density at radius 3 is 2.42 bits per heavy atom. The van der Waals surface area contributed by atoms with Gasteiger partial charge < -0.3 is 9.84 Å². The van der Waals surface area contributed by atoms with Crippen molar-refractivity contribution in [2.45, 2.75) is 83.3 Å². The normalized spacial score (nSPS) is 56.7. The van der Waals surface area contributed by atoms with Crippen LogP contribution in [0.25, 0.3) is 0 Å². The molecule has 4 rings (SSSR count). The molecule has 134 valence electrons. The number of hydrogen-bond donors (Lipinski definition) is 1. The van der Waals surface area contributed by atoms with Gasteiger partial charge in [-0.2, -0.15) is 0 Å². The van der Waals surface area contributed by atoms with Crippen LogP contribution in [0.4, 0.5) is 0 Å². The molecule has 4 aliphatic carbocycles. The lowest BCUT2D eigenvalue weighted by Gasteiger charge is -2.61. The fraction of sp³-hybridized carbons (Fsp3) is 0.909. The van der Waals surface area contributed by atoms with Crippen molar-refractivity contribution in [3.05, 3.63) is 0 Å². The Morgan fingerprint density at radius 1 is 0.958 bits per heavy atom. The van der Waals surface area contributed by atoms with E-state index in [4.69, 9.17) is 11.2 Å². The van der Waals surface area contributed by atoms with E-state index >= 15 is 0 Å². The van der Waals surface area contributed by atoms with Gasteiger partial charge in [0.05, 0.1) is 6.10 Å². The predicted molar refractivity (Wildman–Crippen MR) is 96.3 cm³/mol. The van der Waals surface area contributed by atoms with Crippen LogP contribution in [0.15, 0.2) is 0 Å². The molecule has 0 aromatic carbocycles. The molecule has 8 atom stereocenters. The molecular formula is C22H34O2. The van der Waals surface area contributed by atoms with Crippen LogP contribution < -0.4 is 0 Å². The standard InChI is InChI=1S/C22H34O2/c1-5-22(23)13-12-20(2)15(14-22)6-7-16-17-8-9-19(24-4)21(17,3)11-10-18(16)20/h1,15-19,23H,6-14H2,2-4H3/t15-,16-,17-,18-,19?,20-,21-,22-/m0/s1. The summed E-state index contributed by atoms with van der Waals surface area (Å²) in [5, 5.41) is 10.6. The van der Waals surface area contributed by atoms with E-state index in [0.29, 0.717) is 22.9 Å². The summed E-state index contributed by atoms with van der Waals surface area (Å²) in [4.78, 5) is 0. The number of rotatable bonds is 1. The Kier molecular flexibility index (Phi) is 3.87. The molecule has 1 N–H and O–H groups in total. The average molecular weight is 331 g/mol. The molecule has 1 unspecified atom stereocenters. The van der Waals surface area contributed by atoms with Gasteiger partial charge in [-0.1, -0.05) is 19.8 Å². The van der Waals surface area contributed by atoms with Crippen LogP contribution in [0.3, 0.4) is 0 Å². The topological polar surface area (TPSA) is 29.5 Å². The van der Waals surface area contributed by atoms with Gasteiger partial charge >= 0.3 is 0 Å². The molecule has 0 amide bonds. The average Bonchev–Trinajstić information content (AvgIpc) is 2.92. The minimum atomic E-state index is -0.839. The van der Waals surface area contributed by atoms with Gasteiger partial charge in [-0.15, -0.1) is 6.42 Å². The van der Waals surface area contributed by atoms with Crippen LogP contribution in [0.2, 0.25) is 0 Å². The van der Waals surface area contributed by atoms with Crippen LogP contribution in [-0.2, 0) is 4.74 Å². The molecule has 24 heavy (non-hydrogen) atoms. The van der Waals surface area contributed by atoms with E-state index in [1.54, 1.807) is 0 Å². The minimum absolute atomic E-state index is 0.387. The molecule has 4 aliphatic rings. The first kappa shape index (κ1) is 16.9. The van der Waals surface area contributed by atoms with Crippen molar-refractivity contribution < 1.29 is 9.84 Å². The Balaban J connectivity index is 1.60. The Hall–Kier alpha value is -0.520. The zero-order chi connectivity index (χ0) is 17.2. The smallest absolute Gasteiger partial charge is 0.125 e. The van der Waals surface area contributed by atoms with E-state index in [1.807, 2.05) is 7.11 Å². The summed E-state index contributed by atoms with van der Waals surface area (Å²) < 4.78 is 5.88. The monoisotopic (exact) mass is 330 g/mol. The lowest BCUT2D eigenvalue weighted by molar-refractivity contribution is -0.146. The van der Waals surface area contributed by atoms with E-state index in [1.165, 1.54) is 38.5 Å². The number of ether oxygens (including phenoxy) is 1. The molecule has 4 saturated carbocycles. The van der Waals surface area contributed by atoms with Crippen molar-refractivity contribution in [2.75, 3.05) is 7.11 Å². The highest BCUT2D eigenvalue weighted by Crippen LogP contribution is 2.67. The summed E-state index contributed by atoms with van der Waals surface area (Å²) >= 11 is 0. The maximum absolute atomic E-state index is 10.6. The van der Waals surface area contributed by atoms with E-state index in [2.05, 4.69) is 19.8 Å². The van der Waals surface area contributed by atoms with E-state index < -0.39 is 5.60 Å². The number of fused-ring (bicyclic) bond motifs is 5. The summed E-state index contributed by atoms with van der Waals surface area (Å²) in [6.45, 7) is 5.03. The van der Waals surface area contributed by atoms with Crippen molar-refractivity contribution in [1.82, 2.24) is 0 Å². The number of terminal acetylenes is 1. The summed E-state index contributed by atoms with van der Waals surface area (Å²) in [5.41, 5.74) is -0.0550. The first-order valence-corrected chi connectivity index (χ1v) is 10.1. The number of aliphatic hydroxyl groups is 1. The fourth-order valence-electron chi connectivity index (χ4n) is 7.72. The third-order valence-corrected chi connectivity index (χ3v) is 9.19. The maximum atomic E-state index is 10.6. The van der Waals surface area contributed by atoms with Crippen molar-refractivity contribution in [2.24, 2.45) is 34.5 Å². The zero-order valence-electron chi connectivity index (χ0n) is 15.7. The highest BCUT2D eigenvalue weighted by Gasteiger charge is 2.61. The zero-order valence-corrected chi connectivity index (χ0v) is 15.7. The van der Waals surface area contributed by atoms with Crippen molar-refractivity contribution >= 4 is 0 Å². The molecule has 0 aliphatic heterocycles. The SMILES string of the molecule is C#C[C@]1(O)CC[C@@]2(C)[C@@H](CC[C@@H]3[C@@H]2CC[C@]2(C)C(OC)CC[C@@H]32)C1. The van der Waals surface area contributed by atoms with Crippen LogP contribution in [0.1, 0.15) is 71.6 Å². The molecular weight excluding hydrogens is 296 g/mol. The van der Waals surface area contributed by atoms with Crippen molar-refractivity contribution in [3.8, 4) is 12.3 Å².